The lowest BCUT2D eigenvalue weighted by molar-refractivity contribution is -0.136. The van der Waals surface area contributed by atoms with Gasteiger partial charge in [0.1, 0.15) is 12.1 Å². The second-order valence-electron chi connectivity index (χ2n) is 3.68. The highest BCUT2D eigenvalue weighted by Crippen LogP contribution is 2.24. The first-order valence-corrected chi connectivity index (χ1v) is 5.69. The van der Waals surface area contributed by atoms with Gasteiger partial charge >= 0.3 is 6.18 Å². The molecule has 1 rings (SSSR count). The van der Waals surface area contributed by atoms with Crippen molar-refractivity contribution in [3.05, 3.63) is 11.9 Å². The van der Waals surface area contributed by atoms with E-state index in [1.54, 1.807) is 7.05 Å². The van der Waals surface area contributed by atoms with E-state index in [4.69, 9.17) is 4.74 Å². The van der Waals surface area contributed by atoms with E-state index in [2.05, 4.69) is 15.3 Å². The molecule has 1 heterocycles. The van der Waals surface area contributed by atoms with Gasteiger partial charge in [0.2, 0.25) is 5.88 Å². The third-order valence-corrected chi connectivity index (χ3v) is 2.34. The molecule has 18 heavy (non-hydrogen) atoms. The summed E-state index contributed by atoms with van der Waals surface area (Å²) in [6.07, 6.45) is -3.10. The van der Waals surface area contributed by atoms with Gasteiger partial charge in [-0.3, -0.25) is 0 Å². The summed E-state index contributed by atoms with van der Waals surface area (Å²) in [6, 6.07) is 0. The van der Waals surface area contributed by atoms with Gasteiger partial charge in [-0.1, -0.05) is 6.92 Å². The van der Waals surface area contributed by atoms with Crippen LogP contribution >= 0.6 is 0 Å². The average Bonchev–Trinajstić information content (AvgIpc) is 2.32. The van der Waals surface area contributed by atoms with Gasteiger partial charge in [0.25, 0.3) is 0 Å². The van der Waals surface area contributed by atoms with Crippen molar-refractivity contribution < 1.29 is 17.9 Å². The predicted octanol–water partition coefficient (Wildman–Crippen LogP) is 2.80. The van der Waals surface area contributed by atoms with Crippen molar-refractivity contribution in [1.29, 1.82) is 0 Å². The molecule has 102 valence electrons. The van der Waals surface area contributed by atoms with E-state index in [0.717, 1.165) is 5.56 Å². The highest BCUT2D eigenvalue weighted by Gasteiger charge is 2.26. The topological polar surface area (TPSA) is 47.0 Å². The number of alkyl halides is 3. The number of rotatable bonds is 6. The van der Waals surface area contributed by atoms with E-state index >= 15 is 0 Å². The molecular formula is C11H16F3N3O. The van der Waals surface area contributed by atoms with Crippen molar-refractivity contribution in [2.45, 2.75) is 32.4 Å². The van der Waals surface area contributed by atoms with Crippen molar-refractivity contribution in [2.75, 3.05) is 19.0 Å². The monoisotopic (exact) mass is 263 g/mol. The smallest absolute Gasteiger partial charge is 0.389 e. The minimum absolute atomic E-state index is 0.00726. The Bertz CT molecular complexity index is 382. The Morgan fingerprint density at radius 3 is 2.61 bits per heavy atom. The van der Waals surface area contributed by atoms with Gasteiger partial charge in [0.15, 0.2) is 0 Å². The minimum atomic E-state index is -4.14. The third kappa shape index (κ3) is 4.38. The van der Waals surface area contributed by atoms with Crippen LogP contribution in [0, 0.1) is 0 Å². The highest BCUT2D eigenvalue weighted by molar-refractivity contribution is 5.48. The van der Waals surface area contributed by atoms with Gasteiger partial charge in [-0.2, -0.15) is 13.2 Å². The molecule has 1 aromatic rings. The molecule has 0 fully saturated rings. The fourth-order valence-corrected chi connectivity index (χ4v) is 1.50. The Morgan fingerprint density at radius 1 is 1.33 bits per heavy atom. The molecule has 0 saturated carbocycles. The first kappa shape index (κ1) is 14.5. The fraction of sp³-hybridized carbons (Fsp3) is 0.636. The largest absolute Gasteiger partial charge is 0.477 e. The second kappa shape index (κ2) is 6.42. The van der Waals surface area contributed by atoms with Gasteiger partial charge in [-0.25, -0.2) is 9.97 Å². The summed E-state index contributed by atoms with van der Waals surface area (Å²) in [5.41, 5.74) is 0.770. The van der Waals surface area contributed by atoms with Crippen LogP contribution in [0.3, 0.4) is 0 Å². The molecule has 0 spiro atoms. The molecule has 0 bridgehead atoms. The molecule has 0 aromatic carbocycles. The van der Waals surface area contributed by atoms with Crippen LogP contribution in [0.25, 0.3) is 0 Å². The Kier molecular flexibility index (Phi) is 5.18. The molecule has 0 atom stereocenters. The number of anilines is 1. The van der Waals surface area contributed by atoms with Crippen molar-refractivity contribution in [3.63, 3.8) is 0 Å². The molecule has 0 unspecified atom stereocenters. The molecule has 0 aliphatic heterocycles. The van der Waals surface area contributed by atoms with E-state index in [-0.39, 0.29) is 13.0 Å². The Hall–Kier alpha value is -1.53. The van der Waals surface area contributed by atoms with Crippen LogP contribution < -0.4 is 10.1 Å². The lowest BCUT2D eigenvalue weighted by Gasteiger charge is -2.12. The Morgan fingerprint density at radius 2 is 2.06 bits per heavy atom. The number of halogens is 3. The molecule has 1 N–H and O–H groups in total. The molecule has 7 heteroatoms. The number of nitrogens with zero attached hydrogens (tertiary/aromatic N) is 2. The summed E-state index contributed by atoms with van der Waals surface area (Å²) in [4.78, 5) is 7.95. The van der Waals surface area contributed by atoms with Gasteiger partial charge in [0, 0.05) is 13.5 Å². The zero-order chi connectivity index (χ0) is 13.6. The molecule has 0 aliphatic rings. The summed E-state index contributed by atoms with van der Waals surface area (Å²) in [6.45, 7) is 1.90. The lowest BCUT2D eigenvalue weighted by Crippen LogP contribution is -2.11. The van der Waals surface area contributed by atoms with E-state index in [1.807, 2.05) is 6.92 Å². The van der Waals surface area contributed by atoms with E-state index in [0.29, 0.717) is 18.1 Å². The third-order valence-electron chi connectivity index (χ3n) is 2.34. The summed E-state index contributed by atoms with van der Waals surface area (Å²) in [5, 5.41) is 2.89. The van der Waals surface area contributed by atoms with Crippen LogP contribution in [0.1, 0.15) is 25.3 Å². The van der Waals surface area contributed by atoms with Crippen LogP contribution in [-0.4, -0.2) is 29.8 Å². The van der Waals surface area contributed by atoms with Gasteiger partial charge in [-0.15, -0.1) is 0 Å². The average molecular weight is 263 g/mol. The van der Waals surface area contributed by atoms with Crippen molar-refractivity contribution in [3.8, 4) is 5.88 Å². The minimum Gasteiger partial charge on any atom is -0.477 e. The van der Waals surface area contributed by atoms with E-state index in [9.17, 15) is 13.2 Å². The zero-order valence-electron chi connectivity index (χ0n) is 10.3. The first-order chi connectivity index (χ1) is 8.48. The summed E-state index contributed by atoms with van der Waals surface area (Å²) < 4.78 is 41.1. The fourth-order valence-electron chi connectivity index (χ4n) is 1.50. The number of aromatic nitrogens is 2. The second-order valence-corrected chi connectivity index (χ2v) is 3.68. The molecule has 0 aliphatic carbocycles. The summed E-state index contributed by atoms with van der Waals surface area (Å²) in [7, 11) is 1.72. The Balaban J connectivity index is 2.57. The molecule has 0 radical (unpaired) electrons. The van der Waals surface area contributed by atoms with Crippen molar-refractivity contribution in [1.82, 2.24) is 9.97 Å². The molecule has 0 amide bonds. The maximum Gasteiger partial charge on any atom is 0.389 e. The van der Waals surface area contributed by atoms with Gasteiger partial charge in [-0.05, 0) is 12.8 Å². The highest BCUT2D eigenvalue weighted by atomic mass is 19.4. The first-order valence-electron chi connectivity index (χ1n) is 5.69. The summed E-state index contributed by atoms with van der Waals surface area (Å²) in [5.74, 6) is 0.984. The zero-order valence-corrected chi connectivity index (χ0v) is 10.3. The standard InChI is InChI=1S/C11H16F3N3O/c1-3-8-9(15-2)16-7-17-10(8)18-6-4-5-11(12,13)14/h7H,3-6H2,1-2H3,(H,15,16,17). The molecule has 1 aromatic heterocycles. The van der Waals surface area contributed by atoms with Crippen LogP contribution in [0.15, 0.2) is 6.33 Å². The normalized spacial score (nSPS) is 11.4. The Labute approximate surface area is 104 Å². The van der Waals surface area contributed by atoms with Crippen LogP contribution in [0.5, 0.6) is 5.88 Å². The van der Waals surface area contributed by atoms with E-state index in [1.165, 1.54) is 6.33 Å². The number of hydrogen-bond donors (Lipinski definition) is 1. The van der Waals surface area contributed by atoms with Gasteiger partial charge < -0.3 is 10.1 Å². The maximum atomic E-state index is 12.0. The molecule has 4 nitrogen and oxygen atoms in total. The number of ether oxygens (including phenoxy) is 1. The van der Waals surface area contributed by atoms with E-state index < -0.39 is 12.6 Å². The maximum absolute atomic E-state index is 12.0. The van der Waals surface area contributed by atoms with Crippen LogP contribution in [0.2, 0.25) is 0 Å². The quantitative estimate of drug-likeness (QED) is 0.802. The number of nitrogens with one attached hydrogen (secondary N) is 1. The number of hydrogen-bond acceptors (Lipinski definition) is 4. The van der Waals surface area contributed by atoms with Crippen molar-refractivity contribution in [2.24, 2.45) is 0 Å². The molecule has 0 saturated heterocycles. The summed E-state index contributed by atoms with van der Waals surface area (Å²) >= 11 is 0. The van der Waals surface area contributed by atoms with Crippen molar-refractivity contribution >= 4 is 5.82 Å². The SMILES string of the molecule is CCc1c(NC)ncnc1OCCCC(F)(F)F. The van der Waals surface area contributed by atoms with Crippen LogP contribution in [0.4, 0.5) is 19.0 Å². The van der Waals surface area contributed by atoms with Crippen LogP contribution in [-0.2, 0) is 6.42 Å². The predicted molar refractivity (Wildman–Crippen MR) is 61.7 cm³/mol. The molecular weight excluding hydrogens is 247 g/mol. The lowest BCUT2D eigenvalue weighted by atomic mass is 10.2. The van der Waals surface area contributed by atoms with Gasteiger partial charge in [0.05, 0.1) is 12.2 Å².